The molecule has 1 atom stereocenters. The molecule has 28 heavy (non-hydrogen) atoms. The summed E-state index contributed by atoms with van der Waals surface area (Å²) in [4.78, 5) is 28.3. The number of nitrogens with zero attached hydrogens (tertiary/aromatic N) is 3. The summed E-state index contributed by atoms with van der Waals surface area (Å²) >= 11 is 5.92. The standard InChI is InChI=1S/C19H16ClN5O3/c20-12-4-3-5-13(8-12)23-18(27)10-28-16-7-2-1-6-14(16)15-9-17(26)24-19-21-11-22-25(15)19/h1-8,11,15H,9-10H2,(H,23,27)(H,21,22,24,26). The van der Waals surface area contributed by atoms with Crippen molar-refractivity contribution in [2.45, 2.75) is 12.5 Å². The summed E-state index contributed by atoms with van der Waals surface area (Å²) in [6.45, 7) is -0.188. The van der Waals surface area contributed by atoms with E-state index < -0.39 is 0 Å². The maximum atomic E-state index is 12.2. The van der Waals surface area contributed by atoms with Crippen molar-refractivity contribution >= 4 is 35.1 Å². The Morgan fingerprint density at radius 3 is 3.00 bits per heavy atom. The number of rotatable bonds is 5. The first kappa shape index (κ1) is 18.0. The van der Waals surface area contributed by atoms with Crippen molar-refractivity contribution in [3.05, 3.63) is 65.4 Å². The molecule has 0 aliphatic carbocycles. The molecule has 2 N–H and O–H groups in total. The van der Waals surface area contributed by atoms with E-state index in [9.17, 15) is 9.59 Å². The van der Waals surface area contributed by atoms with Gasteiger partial charge in [0.15, 0.2) is 6.61 Å². The number of para-hydroxylation sites is 1. The lowest BCUT2D eigenvalue weighted by atomic mass is 10.0. The SMILES string of the molecule is O=C(COc1ccccc1C1CC(=O)Nc2ncnn21)Nc1cccc(Cl)c1. The molecule has 1 aliphatic heterocycles. The highest BCUT2D eigenvalue weighted by Crippen LogP contribution is 2.34. The molecule has 0 saturated heterocycles. The third kappa shape index (κ3) is 3.81. The van der Waals surface area contributed by atoms with Gasteiger partial charge in [0.05, 0.1) is 12.5 Å². The smallest absolute Gasteiger partial charge is 0.262 e. The fourth-order valence-corrected chi connectivity index (χ4v) is 3.23. The highest BCUT2D eigenvalue weighted by molar-refractivity contribution is 6.30. The Bertz CT molecular complexity index is 1040. The molecule has 2 heterocycles. The topological polar surface area (TPSA) is 98.1 Å². The number of amides is 2. The van der Waals surface area contributed by atoms with Crippen LogP contribution in [0.2, 0.25) is 5.02 Å². The summed E-state index contributed by atoms with van der Waals surface area (Å²) in [5, 5.41) is 10.1. The third-order valence-corrected chi connectivity index (χ3v) is 4.48. The second-order valence-corrected chi connectivity index (χ2v) is 6.62. The van der Waals surface area contributed by atoms with Crippen LogP contribution in [0.25, 0.3) is 0 Å². The molecule has 0 radical (unpaired) electrons. The Hall–Kier alpha value is -3.39. The van der Waals surface area contributed by atoms with E-state index in [2.05, 4.69) is 20.7 Å². The van der Waals surface area contributed by atoms with E-state index in [0.29, 0.717) is 22.4 Å². The molecule has 2 aromatic carbocycles. The van der Waals surface area contributed by atoms with Crippen molar-refractivity contribution in [2.24, 2.45) is 0 Å². The molecule has 142 valence electrons. The Morgan fingerprint density at radius 1 is 1.29 bits per heavy atom. The summed E-state index contributed by atoms with van der Waals surface area (Å²) in [5.41, 5.74) is 1.34. The molecule has 0 bridgehead atoms. The minimum Gasteiger partial charge on any atom is -0.483 e. The van der Waals surface area contributed by atoms with Crippen LogP contribution in [0, 0.1) is 0 Å². The molecule has 1 unspecified atom stereocenters. The Kier molecular flexibility index (Phi) is 4.94. The summed E-state index contributed by atoms with van der Waals surface area (Å²) in [6.07, 6.45) is 1.58. The molecule has 0 fully saturated rings. The van der Waals surface area contributed by atoms with Gasteiger partial charge in [-0.1, -0.05) is 35.9 Å². The van der Waals surface area contributed by atoms with Gasteiger partial charge in [0.1, 0.15) is 12.1 Å². The van der Waals surface area contributed by atoms with Crippen LogP contribution in [0.15, 0.2) is 54.9 Å². The molecule has 8 nitrogen and oxygen atoms in total. The zero-order valence-corrected chi connectivity index (χ0v) is 15.4. The second-order valence-electron chi connectivity index (χ2n) is 6.18. The van der Waals surface area contributed by atoms with Crippen LogP contribution in [-0.2, 0) is 9.59 Å². The molecule has 0 saturated carbocycles. The predicted molar refractivity (Wildman–Crippen MR) is 103 cm³/mol. The van der Waals surface area contributed by atoms with E-state index in [4.69, 9.17) is 16.3 Å². The van der Waals surface area contributed by atoms with Gasteiger partial charge in [0, 0.05) is 16.3 Å². The second kappa shape index (κ2) is 7.69. The number of ether oxygens (including phenoxy) is 1. The summed E-state index contributed by atoms with van der Waals surface area (Å²) < 4.78 is 7.38. The minimum absolute atomic E-state index is 0.154. The van der Waals surface area contributed by atoms with Gasteiger partial charge in [-0.25, -0.2) is 4.68 Å². The number of carbonyl (C=O) groups excluding carboxylic acids is 2. The lowest BCUT2D eigenvalue weighted by molar-refractivity contribution is -0.118. The number of benzene rings is 2. The van der Waals surface area contributed by atoms with Gasteiger partial charge in [-0.15, -0.1) is 0 Å². The Balaban J connectivity index is 1.50. The van der Waals surface area contributed by atoms with Crippen molar-refractivity contribution in [3.63, 3.8) is 0 Å². The van der Waals surface area contributed by atoms with Crippen molar-refractivity contribution in [1.29, 1.82) is 0 Å². The van der Waals surface area contributed by atoms with E-state index in [1.165, 1.54) is 6.33 Å². The van der Waals surface area contributed by atoms with Gasteiger partial charge in [-0.3, -0.25) is 14.9 Å². The number of aromatic nitrogens is 3. The average Bonchev–Trinajstić information content (AvgIpc) is 3.14. The minimum atomic E-state index is -0.363. The Morgan fingerprint density at radius 2 is 2.14 bits per heavy atom. The number of hydrogen-bond acceptors (Lipinski definition) is 5. The van der Waals surface area contributed by atoms with Gasteiger partial charge in [-0.05, 0) is 24.3 Å². The van der Waals surface area contributed by atoms with E-state index in [1.54, 1.807) is 41.1 Å². The molecular formula is C19H16ClN5O3. The summed E-state index contributed by atoms with van der Waals surface area (Å²) in [5.74, 6) is 0.415. The fraction of sp³-hybridized carbons (Fsp3) is 0.158. The number of fused-ring (bicyclic) bond motifs is 1. The van der Waals surface area contributed by atoms with Crippen molar-refractivity contribution in [2.75, 3.05) is 17.2 Å². The van der Waals surface area contributed by atoms with E-state index >= 15 is 0 Å². The van der Waals surface area contributed by atoms with Crippen LogP contribution in [0.5, 0.6) is 5.75 Å². The summed E-state index contributed by atoms with van der Waals surface area (Å²) in [6, 6.07) is 13.8. The van der Waals surface area contributed by atoms with Gasteiger partial charge >= 0.3 is 0 Å². The number of nitrogens with one attached hydrogen (secondary N) is 2. The zero-order chi connectivity index (χ0) is 19.5. The van der Waals surface area contributed by atoms with Gasteiger partial charge in [0.2, 0.25) is 11.9 Å². The molecule has 4 rings (SSSR count). The first-order chi connectivity index (χ1) is 13.6. The van der Waals surface area contributed by atoms with Crippen molar-refractivity contribution in [3.8, 4) is 5.75 Å². The lowest BCUT2D eigenvalue weighted by Crippen LogP contribution is -2.29. The maximum absolute atomic E-state index is 12.2. The van der Waals surface area contributed by atoms with Crippen LogP contribution in [0.1, 0.15) is 18.0 Å². The molecule has 9 heteroatoms. The normalized spacial score (nSPS) is 15.5. The van der Waals surface area contributed by atoms with Gasteiger partial charge in [-0.2, -0.15) is 10.1 Å². The van der Waals surface area contributed by atoms with Crippen molar-refractivity contribution < 1.29 is 14.3 Å². The quantitative estimate of drug-likeness (QED) is 0.689. The van der Waals surface area contributed by atoms with Crippen LogP contribution < -0.4 is 15.4 Å². The van der Waals surface area contributed by atoms with Crippen LogP contribution in [0.4, 0.5) is 11.6 Å². The van der Waals surface area contributed by atoms with E-state index in [1.807, 2.05) is 12.1 Å². The molecule has 1 aliphatic rings. The molecule has 3 aromatic rings. The molecule has 0 spiro atoms. The first-order valence-corrected chi connectivity index (χ1v) is 8.94. The zero-order valence-electron chi connectivity index (χ0n) is 14.6. The van der Waals surface area contributed by atoms with Crippen LogP contribution in [0.3, 0.4) is 0 Å². The average molecular weight is 398 g/mol. The number of carbonyl (C=O) groups is 2. The first-order valence-electron chi connectivity index (χ1n) is 8.56. The van der Waals surface area contributed by atoms with E-state index in [0.717, 1.165) is 5.56 Å². The monoisotopic (exact) mass is 397 g/mol. The Labute approximate surface area is 165 Å². The molecular weight excluding hydrogens is 382 g/mol. The van der Waals surface area contributed by atoms with Gasteiger partial charge < -0.3 is 10.1 Å². The number of halogens is 1. The maximum Gasteiger partial charge on any atom is 0.262 e. The van der Waals surface area contributed by atoms with Crippen LogP contribution in [-0.4, -0.2) is 33.2 Å². The molecule has 1 aromatic heterocycles. The highest BCUT2D eigenvalue weighted by atomic mass is 35.5. The largest absolute Gasteiger partial charge is 0.483 e. The van der Waals surface area contributed by atoms with E-state index in [-0.39, 0.29) is 30.9 Å². The number of hydrogen-bond donors (Lipinski definition) is 2. The predicted octanol–water partition coefficient (Wildman–Crippen LogP) is 2.88. The lowest BCUT2D eigenvalue weighted by Gasteiger charge is -2.25. The van der Waals surface area contributed by atoms with Crippen molar-refractivity contribution in [1.82, 2.24) is 14.8 Å². The van der Waals surface area contributed by atoms with Crippen LogP contribution >= 0.6 is 11.6 Å². The summed E-state index contributed by atoms with van der Waals surface area (Å²) in [7, 11) is 0. The molecule has 2 amide bonds. The fourth-order valence-electron chi connectivity index (χ4n) is 3.04. The number of anilines is 2. The third-order valence-electron chi connectivity index (χ3n) is 4.24. The van der Waals surface area contributed by atoms with Gasteiger partial charge in [0.25, 0.3) is 5.91 Å². The highest BCUT2D eigenvalue weighted by Gasteiger charge is 2.29.